The van der Waals surface area contributed by atoms with Gasteiger partial charge in [0.15, 0.2) is 0 Å². The van der Waals surface area contributed by atoms with Gasteiger partial charge in [-0.3, -0.25) is 4.79 Å². The van der Waals surface area contributed by atoms with Crippen LogP contribution < -0.4 is 20.8 Å². The van der Waals surface area contributed by atoms with Crippen LogP contribution in [0.1, 0.15) is 22.3 Å². The van der Waals surface area contributed by atoms with Crippen LogP contribution in [0.2, 0.25) is 0 Å². The molecule has 0 fully saturated rings. The lowest BCUT2D eigenvalue weighted by Crippen LogP contribution is -2.16. The third kappa shape index (κ3) is 4.74. The predicted molar refractivity (Wildman–Crippen MR) is 128 cm³/mol. The normalized spacial score (nSPS) is 10.2. The maximum Gasteiger partial charge on any atom is 0.268 e. The highest BCUT2D eigenvalue weighted by Crippen LogP contribution is 2.38. The molecule has 0 radical (unpaired) electrons. The number of aromatic nitrogens is 1. The summed E-state index contributed by atoms with van der Waals surface area (Å²) in [7, 11) is 0. The van der Waals surface area contributed by atoms with Crippen molar-refractivity contribution in [2.75, 3.05) is 5.73 Å². The van der Waals surface area contributed by atoms with Crippen LogP contribution >= 0.6 is 0 Å². The molecule has 1 heterocycles. The number of ether oxygens (including phenoxy) is 2. The first-order valence-corrected chi connectivity index (χ1v) is 10.4. The topological polar surface area (TPSA) is 125 Å². The SMILES string of the molecule is N#Cc1c(N)[nH]c(=O)c(C#N)c1-c1ccc(OCc2ccccc2)cc1OCc1ccccc1. The summed E-state index contributed by atoms with van der Waals surface area (Å²) in [6.07, 6.45) is 0. The van der Waals surface area contributed by atoms with Crippen LogP contribution in [0, 0.1) is 22.7 Å². The minimum Gasteiger partial charge on any atom is -0.489 e. The van der Waals surface area contributed by atoms with Gasteiger partial charge in [-0.2, -0.15) is 10.5 Å². The number of nitriles is 2. The minimum atomic E-state index is -0.674. The molecule has 34 heavy (non-hydrogen) atoms. The number of nitrogen functional groups attached to an aromatic ring is 1. The van der Waals surface area contributed by atoms with Crippen molar-refractivity contribution >= 4 is 5.82 Å². The molecule has 0 atom stereocenters. The Morgan fingerprint density at radius 2 is 1.38 bits per heavy atom. The molecule has 0 aliphatic rings. The molecule has 3 aromatic carbocycles. The molecule has 1 aromatic heterocycles. The monoisotopic (exact) mass is 448 g/mol. The highest BCUT2D eigenvalue weighted by molar-refractivity contribution is 5.84. The third-order valence-corrected chi connectivity index (χ3v) is 5.18. The van der Waals surface area contributed by atoms with Gasteiger partial charge >= 0.3 is 0 Å². The zero-order chi connectivity index (χ0) is 23.9. The number of nitrogens with one attached hydrogen (secondary N) is 1. The molecular formula is C27H20N4O3. The van der Waals surface area contributed by atoms with Gasteiger partial charge in [0, 0.05) is 17.2 Å². The predicted octanol–water partition coefficient (Wildman–Crippen LogP) is 4.53. The molecular weight excluding hydrogens is 428 g/mol. The van der Waals surface area contributed by atoms with Gasteiger partial charge in [0.1, 0.15) is 53.8 Å². The average Bonchev–Trinajstić information content (AvgIpc) is 2.87. The summed E-state index contributed by atoms with van der Waals surface area (Å²) in [5.41, 5.74) is 7.46. The minimum absolute atomic E-state index is 0.00124. The number of H-pyrrole nitrogens is 1. The van der Waals surface area contributed by atoms with Gasteiger partial charge in [-0.1, -0.05) is 60.7 Å². The molecule has 3 N–H and O–H groups in total. The number of benzene rings is 3. The molecule has 166 valence electrons. The summed E-state index contributed by atoms with van der Waals surface area (Å²) in [6.45, 7) is 0.585. The standard InChI is InChI=1S/C27H20N4O3/c28-14-22-25(23(15-29)27(32)31-26(22)30)21-12-11-20(33-16-18-7-3-1-4-8-18)13-24(21)34-17-19-9-5-2-6-10-19/h1-13H,16-17H2,(H3,30,31,32). The summed E-state index contributed by atoms with van der Waals surface area (Å²) in [5.74, 6) is 0.776. The third-order valence-electron chi connectivity index (χ3n) is 5.18. The van der Waals surface area contributed by atoms with Gasteiger partial charge < -0.3 is 20.2 Å². The van der Waals surface area contributed by atoms with Crippen molar-refractivity contribution in [1.29, 1.82) is 10.5 Å². The van der Waals surface area contributed by atoms with E-state index in [0.717, 1.165) is 11.1 Å². The summed E-state index contributed by atoms with van der Waals surface area (Å²) >= 11 is 0. The van der Waals surface area contributed by atoms with Crippen molar-refractivity contribution in [3.05, 3.63) is 111 Å². The van der Waals surface area contributed by atoms with Crippen LogP contribution in [0.25, 0.3) is 11.1 Å². The van der Waals surface area contributed by atoms with Crippen molar-refractivity contribution in [2.24, 2.45) is 0 Å². The first-order chi connectivity index (χ1) is 16.6. The van der Waals surface area contributed by atoms with Crippen molar-refractivity contribution in [3.8, 4) is 34.8 Å². The van der Waals surface area contributed by atoms with Gasteiger partial charge in [0.05, 0.1) is 0 Å². The highest BCUT2D eigenvalue weighted by atomic mass is 16.5. The zero-order valence-corrected chi connectivity index (χ0v) is 18.1. The zero-order valence-electron chi connectivity index (χ0n) is 18.1. The smallest absolute Gasteiger partial charge is 0.268 e. The Hall–Kier alpha value is -5.01. The Labute approximate surface area is 196 Å². The fourth-order valence-electron chi connectivity index (χ4n) is 3.51. The lowest BCUT2D eigenvalue weighted by molar-refractivity contribution is 0.291. The van der Waals surface area contributed by atoms with Crippen LogP contribution in [-0.2, 0) is 13.2 Å². The highest BCUT2D eigenvalue weighted by Gasteiger charge is 2.22. The van der Waals surface area contributed by atoms with E-state index in [2.05, 4.69) is 4.98 Å². The largest absolute Gasteiger partial charge is 0.489 e. The Balaban J connectivity index is 1.78. The summed E-state index contributed by atoms with van der Waals surface area (Å²) in [5, 5.41) is 19.4. The van der Waals surface area contributed by atoms with E-state index in [-0.39, 0.29) is 29.1 Å². The number of hydrogen-bond acceptors (Lipinski definition) is 6. The summed E-state index contributed by atoms with van der Waals surface area (Å²) < 4.78 is 12.0. The molecule has 0 bridgehead atoms. The summed E-state index contributed by atoms with van der Waals surface area (Å²) in [4.78, 5) is 14.8. The Morgan fingerprint density at radius 1 is 0.794 bits per heavy atom. The number of pyridine rings is 1. The van der Waals surface area contributed by atoms with E-state index in [1.54, 1.807) is 18.2 Å². The van der Waals surface area contributed by atoms with Gasteiger partial charge in [-0.05, 0) is 23.3 Å². The molecule has 7 nitrogen and oxygen atoms in total. The van der Waals surface area contributed by atoms with E-state index < -0.39 is 5.56 Å². The summed E-state index contributed by atoms with van der Waals surface area (Å²) in [6, 6.07) is 28.2. The number of anilines is 1. The molecule has 0 saturated carbocycles. The number of rotatable bonds is 7. The lowest BCUT2D eigenvalue weighted by atomic mass is 9.95. The molecule has 4 rings (SSSR count). The van der Waals surface area contributed by atoms with Crippen molar-refractivity contribution in [1.82, 2.24) is 4.98 Å². The van der Waals surface area contributed by atoms with Crippen LogP contribution in [0.5, 0.6) is 11.5 Å². The Bertz CT molecular complexity index is 1450. The average molecular weight is 448 g/mol. The van der Waals surface area contributed by atoms with E-state index in [4.69, 9.17) is 15.2 Å². The van der Waals surface area contributed by atoms with Crippen LogP contribution in [-0.4, -0.2) is 4.98 Å². The van der Waals surface area contributed by atoms with Gasteiger partial charge in [0.25, 0.3) is 5.56 Å². The Kier molecular flexibility index (Phi) is 6.58. The fraction of sp³-hybridized carbons (Fsp3) is 0.0741. The van der Waals surface area contributed by atoms with Crippen LogP contribution in [0.4, 0.5) is 5.82 Å². The molecule has 0 spiro atoms. The van der Waals surface area contributed by atoms with Crippen LogP contribution in [0.3, 0.4) is 0 Å². The van der Waals surface area contributed by atoms with E-state index in [1.165, 1.54) is 0 Å². The number of nitrogens with zero attached hydrogens (tertiary/aromatic N) is 2. The van der Waals surface area contributed by atoms with Gasteiger partial charge in [0.2, 0.25) is 0 Å². The molecule has 7 heteroatoms. The maximum absolute atomic E-state index is 12.4. The number of aromatic amines is 1. The van der Waals surface area contributed by atoms with Crippen molar-refractivity contribution in [2.45, 2.75) is 13.2 Å². The lowest BCUT2D eigenvalue weighted by Gasteiger charge is -2.16. The molecule has 4 aromatic rings. The second kappa shape index (κ2) is 10.1. The number of nitrogens with two attached hydrogens (primary N) is 1. The maximum atomic E-state index is 12.4. The Morgan fingerprint density at radius 3 is 1.97 bits per heavy atom. The number of hydrogen-bond donors (Lipinski definition) is 2. The molecule has 0 unspecified atom stereocenters. The van der Waals surface area contributed by atoms with Crippen LogP contribution in [0.15, 0.2) is 83.7 Å². The fourth-order valence-corrected chi connectivity index (χ4v) is 3.51. The van der Waals surface area contributed by atoms with E-state index in [9.17, 15) is 15.3 Å². The first-order valence-electron chi connectivity index (χ1n) is 10.4. The van der Waals surface area contributed by atoms with Gasteiger partial charge in [-0.15, -0.1) is 0 Å². The second-order valence-electron chi connectivity index (χ2n) is 7.42. The molecule has 0 amide bonds. The van der Waals surface area contributed by atoms with Crippen molar-refractivity contribution in [3.63, 3.8) is 0 Å². The van der Waals surface area contributed by atoms with E-state index in [0.29, 0.717) is 23.7 Å². The van der Waals surface area contributed by atoms with Gasteiger partial charge in [-0.25, -0.2) is 0 Å². The van der Waals surface area contributed by atoms with E-state index in [1.807, 2.05) is 72.8 Å². The first kappa shape index (κ1) is 22.2. The van der Waals surface area contributed by atoms with E-state index >= 15 is 0 Å². The quantitative estimate of drug-likeness (QED) is 0.428. The van der Waals surface area contributed by atoms with Crippen molar-refractivity contribution < 1.29 is 9.47 Å². The molecule has 0 aliphatic carbocycles. The molecule has 0 aliphatic heterocycles. The second-order valence-corrected chi connectivity index (χ2v) is 7.42. The molecule has 0 saturated heterocycles.